The van der Waals surface area contributed by atoms with Gasteiger partial charge in [0.1, 0.15) is 0 Å². The third kappa shape index (κ3) is 3.97. The van der Waals surface area contributed by atoms with E-state index in [-0.39, 0.29) is 5.91 Å². The molecule has 17 heavy (non-hydrogen) atoms. The fourth-order valence-corrected chi connectivity index (χ4v) is 1.86. The summed E-state index contributed by atoms with van der Waals surface area (Å²) in [7, 11) is 0. The monoisotopic (exact) mass is 252 g/mol. The summed E-state index contributed by atoms with van der Waals surface area (Å²) in [6, 6.07) is 5.42. The van der Waals surface area contributed by atoms with Crippen molar-refractivity contribution in [2.75, 3.05) is 18.5 Å². The van der Waals surface area contributed by atoms with Crippen molar-refractivity contribution in [3.63, 3.8) is 0 Å². The number of thioether (sulfide) groups is 1. The summed E-state index contributed by atoms with van der Waals surface area (Å²) in [5.74, 6) is -0.0388. The van der Waals surface area contributed by atoms with Gasteiger partial charge in [-0.15, -0.1) is 0 Å². The summed E-state index contributed by atoms with van der Waals surface area (Å²) in [5, 5.41) is 3.49. The highest BCUT2D eigenvalue weighted by Crippen LogP contribution is 2.15. The highest BCUT2D eigenvalue weighted by Gasteiger charge is 2.10. The highest BCUT2D eigenvalue weighted by molar-refractivity contribution is 7.99. The van der Waals surface area contributed by atoms with Crippen LogP contribution < -0.4 is 11.1 Å². The number of anilines is 1. The molecule has 4 heteroatoms. The second-order valence-electron chi connectivity index (χ2n) is 4.11. The van der Waals surface area contributed by atoms with Crippen LogP contribution in [0.15, 0.2) is 18.2 Å². The smallest absolute Gasteiger partial charge is 0.251 e. The summed E-state index contributed by atoms with van der Waals surface area (Å²) in [5.41, 5.74) is 7.95. The molecule has 1 aromatic carbocycles. The van der Waals surface area contributed by atoms with E-state index in [2.05, 4.69) is 18.5 Å². The van der Waals surface area contributed by atoms with E-state index in [1.807, 2.05) is 19.1 Å². The Hall–Kier alpha value is -1.16. The van der Waals surface area contributed by atoms with Crippen LogP contribution in [0.3, 0.4) is 0 Å². The van der Waals surface area contributed by atoms with E-state index in [0.29, 0.717) is 23.0 Å². The van der Waals surface area contributed by atoms with Crippen molar-refractivity contribution >= 4 is 23.4 Å². The van der Waals surface area contributed by atoms with Crippen molar-refractivity contribution in [3.05, 3.63) is 29.3 Å². The van der Waals surface area contributed by atoms with Gasteiger partial charge in [0, 0.05) is 23.0 Å². The zero-order valence-electron chi connectivity index (χ0n) is 10.6. The molecule has 1 rings (SSSR count). The molecule has 1 aromatic rings. The first-order valence-corrected chi connectivity index (χ1v) is 7.01. The summed E-state index contributed by atoms with van der Waals surface area (Å²) >= 11 is 1.81. The van der Waals surface area contributed by atoms with Crippen molar-refractivity contribution in [2.24, 2.45) is 0 Å². The van der Waals surface area contributed by atoms with E-state index >= 15 is 0 Å². The van der Waals surface area contributed by atoms with Crippen LogP contribution in [0.2, 0.25) is 0 Å². The molecule has 0 aliphatic rings. The first-order chi connectivity index (χ1) is 8.06. The van der Waals surface area contributed by atoms with Gasteiger partial charge in [-0.1, -0.05) is 13.0 Å². The van der Waals surface area contributed by atoms with Crippen LogP contribution in [0.1, 0.15) is 29.3 Å². The van der Waals surface area contributed by atoms with Crippen LogP contribution in [0.25, 0.3) is 0 Å². The Morgan fingerprint density at radius 1 is 1.53 bits per heavy atom. The minimum absolute atomic E-state index is 0.0388. The second kappa shape index (κ2) is 6.55. The third-order valence-corrected chi connectivity index (χ3v) is 3.90. The number of hydrogen-bond acceptors (Lipinski definition) is 3. The molecule has 0 heterocycles. The Bertz CT molecular complexity index is 393. The maximum Gasteiger partial charge on any atom is 0.251 e. The average molecular weight is 252 g/mol. The Kier molecular flexibility index (Phi) is 5.35. The molecule has 1 unspecified atom stereocenters. The standard InChI is InChI=1S/C13H20N2OS/c1-9(17-3)7-8-15-13(16)11-5-4-6-12(14)10(11)2/h4-6,9H,7-8,14H2,1-3H3,(H,15,16). The molecule has 0 aliphatic carbocycles. The molecule has 94 valence electrons. The molecule has 0 bridgehead atoms. The zero-order chi connectivity index (χ0) is 12.8. The van der Waals surface area contributed by atoms with E-state index in [1.54, 1.807) is 17.8 Å². The number of nitrogens with one attached hydrogen (secondary N) is 1. The minimum Gasteiger partial charge on any atom is -0.398 e. The van der Waals surface area contributed by atoms with Gasteiger partial charge in [-0.05, 0) is 37.3 Å². The predicted octanol–water partition coefficient (Wildman–Crippen LogP) is 2.45. The number of nitrogens with two attached hydrogens (primary N) is 1. The van der Waals surface area contributed by atoms with E-state index in [4.69, 9.17) is 5.73 Å². The van der Waals surface area contributed by atoms with E-state index < -0.39 is 0 Å². The molecule has 0 spiro atoms. The maximum atomic E-state index is 11.9. The van der Waals surface area contributed by atoms with Crippen molar-refractivity contribution in [3.8, 4) is 0 Å². The SMILES string of the molecule is CSC(C)CCNC(=O)c1cccc(N)c1C. The second-order valence-corrected chi connectivity index (χ2v) is 5.39. The Balaban J connectivity index is 2.56. The van der Waals surface area contributed by atoms with Crippen molar-refractivity contribution < 1.29 is 4.79 Å². The quantitative estimate of drug-likeness (QED) is 0.791. The summed E-state index contributed by atoms with van der Waals surface area (Å²) in [4.78, 5) is 11.9. The first-order valence-electron chi connectivity index (χ1n) is 5.72. The summed E-state index contributed by atoms with van der Waals surface area (Å²) < 4.78 is 0. The van der Waals surface area contributed by atoms with Crippen LogP contribution in [0.4, 0.5) is 5.69 Å². The third-order valence-electron chi connectivity index (χ3n) is 2.86. The number of nitrogen functional groups attached to an aromatic ring is 1. The van der Waals surface area contributed by atoms with Gasteiger partial charge in [-0.2, -0.15) is 11.8 Å². The van der Waals surface area contributed by atoms with Gasteiger partial charge in [0.25, 0.3) is 5.91 Å². The molecule has 1 amide bonds. The lowest BCUT2D eigenvalue weighted by atomic mass is 10.1. The Labute approximate surface area is 107 Å². The predicted molar refractivity (Wildman–Crippen MR) is 75.5 cm³/mol. The van der Waals surface area contributed by atoms with Gasteiger partial charge in [-0.3, -0.25) is 4.79 Å². The van der Waals surface area contributed by atoms with Crippen LogP contribution in [-0.4, -0.2) is 24.0 Å². The van der Waals surface area contributed by atoms with E-state index in [0.717, 1.165) is 12.0 Å². The number of benzene rings is 1. The molecule has 3 N–H and O–H groups in total. The molecular formula is C13H20N2OS. The highest BCUT2D eigenvalue weighted by atomic mass is 32.2. The lowest BCUT2D eigenvalue weighted by molar-refractivity contribution is 0.0953. The fraction of sp³-hybridized carbons (Fsp3) is 0.462. The largest absolute Gasteiger partial charge is 0.398 e. The molecular weight excluding hydrogens is 232 g/mol. The van der Waals surface area contributed by atoms with Crippen LogP contribution in [0, 0.1) is 6.92 Å². The normalized spacial score (nSPS) is 12.2. The zero-order valence-corrected chi connectivity index (χ0v) is 11.4. The van der Waals surface area contributed by atoms with Gasteiger partial charge in [0.15, 0.2) is 0 Å². The molecule has 0 aromatic heterocycles. The Morgan fingerprint density at radius 3 is 2.88 bits per heavy atom. The van der Waals surface area contributed by atoms with Gasteiger partial charge in [0.05, 0.1) is 0 Å². The fourth-order valence-electron chi connectivity index (χ4n) is 1.50. The number of hydrogen-bond donors (Lipinski definition) is 2. The molecule has 1 atom stereocenters. The average Bonchev–Trinajstić information content (AvgIpc) is 2.32. The van der Waals surface area contributed by atoms with Gasteiger partial charge in [0.2, 0.25) is 0 Å². The number of amides is 1. The Morgan fingerprint density at radius 2 is 2.24 bits per heavy atom. The van der Waals surface area contributed by atoms with Crippen molar-refractivity contribution in [1.29, 1.82) is 0 Å². The van der Waals surface area contributed by atoms with Crippen molar-refractivity contribution in [1.82, 2.24) is 5.32 Å². The number of rotatable bonds is 5. The lowest BCUT2D eigenvalue weighted by Crippen LogP contribution is -2.26. The molecule has 0 fully saturated rings. The first kappa shape index (κ1) is 13.9. The summed E-state index contributed by atoms with van der Waals surface area (Å²) in [6.07, 6.45) is 3.06. The van der Waals surface area contributed by atoms with Crippen molar-refractivity contribution in [2.45, 2.75) is 25.5 Å². The number of carbonyl (C=O) groups excluding carboxylic acids is 1. The maximum absolute atomic E-state index is 11.9. The van der Waals surface area contributed by atoms with Gasteiger partial charge >= 0.3 is 0 Å². The van der Waals surface area contributed by atoms with E-state index in [1.165, 1.54) is 0 Å². The van der Waals surface area contributed by atoms with Gasteiger partial charge in [-0.25, -0.2) is 0 Å². The summed E-state index contributed by atoms with van der Waals surface area (Å²) in [6.45, 7) is 4.73. The molecule has 0 radical (unpaired) electrons. The lowest BCUT2D eigenvalue weighted by Gasteiger charge is -2.11. The number of carbonyl (C=O) groups is 1. The van der Waals surface area contributed by atoms with Crippen LogP contribution in [0.5, 0.6) is 0 Å². The molecule has 3 nitrogen and oxygen atoms in total. The minimum atomic E-state index is -0.0388. The van der Waals surface area contributed by atoms with E-state index in [9.17, 15) is 4.79 Å². The van der Waals surface area contributed by atoms with Gasteiger partial charge < -0.3 is 11.1 Å². The molecule has 0 aliphatic heterocycles. The van der Waals surface area contributed by atoms with Crippen LogP contribution >= 0.6 is 11.8 Å². The topological polar surface area (TPSA) is 55.1 Å². The molecule has 0 saturated carbocycles. The van der Waals surface area contributed by atoms with Crippen LogP contribution in [-0.2, 0) is 0 Å². The molecule has 0 saturated heterocycles.